The molecule has 5 nitrogen and oxygen atoms in total. The smallest absolute Gasteiger partial charge is 0.257 e. The molecule has 1 N–H and O–H groups in total. The molecule has 0 bridgehead atoms. The number of aromatic hydroxyl groups is 1. The number of carbonyl (C=O) groups excluding carboxylic acids is 2. The van der Waals surface area contributed by atoms with E-state index in [0.717, 1.165) is 4.47 Å². The quantitative estimate of drug-likeness (QED) is 0.838. The molecule has 6 heteroatoms. The van der Waals surface area contributed by atoms with Gasteiger partial charge < -0.3 is 14.9 Å². The van der Waals surface area contributed by atoms with E-state index in [1.165, 1.54) is 6.07 Å². The second kappa shape index (κ2) is 7.70. The molecule has 1 heterocycles. The molecule has 0 unspecified atom stereocenters. The van der Waals surface area contributed by atoms with Crippen molar-refractivity contribution in [1.29, 1.82) is 0 Å². The van der Waals surface area contributed by atoms with Crippen molar-refractivity contribution in [3.63, 3.8) is 0 Å². The van der Waals surface area contributed by atoms with E-state index in [2.05, 4.69) is 15.9 Å². The zero-order valence-electron chi connectivity index (χ0n) is 13.7. The van der Waals surface area contributed by atoms with Gasteiger partial charge in [0.25, 0.3) is 11.8 Å². The Bertz CT molecular complexity index is 794. The third-order valence-electron chi connectivity index (χ3n) is 4.28. The van der Waals surface area contributed by atoms with E-state index in [1.807, 2.05) is 12.1 Å². The highest BCUT2D eigenvalue weighted by molar-refractivity contribution is 9.10. The summed E-state index contributed by atoms with van der Waals surface area (Å²) < 4.78 is 0.865. The number of carbonyl (C=O) groups is 2. The highest BCUT2D eigenvalue weighted by Gasteiger charge is 2.24. The first kappa shape index (κ1) is 17.5. The Morgan fingerprint density at radius 2 is 1.56 bits per heavy atom. The Balaban J connectivity index is 1.69. The predicted molar refractivity (Wildman–Crippen MR) is 98.7 cm³/mol. The number of hydrogen-bond acceptors (Lipinski definition) is 3. The van der Waals surface area contributed by atoms with Crippen molar-refractivity contribution in [3.05, 3.63) is 64.1 Å². The highest BCUT2D eigenvalue weighted by Crippen LogP contribution is 2.20. The Kier molecular flexibility index (Phi) is 5.38. The van der Waals surface area contributed by atoms with Gasteiger partial charge >= 0.3 is 0 Å². The fourth-order valence-corrected chi connectivity index (χ4v) is 3.35. The normalized spacial score (nSPS) is 14.9. The summed E-state index contributed by atoms with van der Waals surface area (Å²) in [5.74, 6) is -0.244. The zero-order chi connectivity index (χ0) is 17.8. The van der Waals surface area contributed by atoms with Crippen LogP contribution in [-0.2, 0) is 0 Å². The van der Waals surface area contributed by atoms with Gasteiger partial charge in [0.2, 0.25) is 0 Å². The van der Waals surface area contributed by atoms with Crippen LogP contribution in [-0.4, -0.2) is 52.9 Å². The monoisotopic (exact) mass is 402 g/mol. The van der Waals surface area contributed by atoms with Crippen LogP contribution in [0.15, 0.2) is 53.0 Å². The maximum atomic E-state index is 12.7. The topological polar surface area (TPSA) is 60.9 Å². The molecule has 0 atom stereocenters. The second-order valence-electron chi connectivity index (χ2n) is 5.97. The van der Waals surface area contributed by atoms with Crippen LogP contribution in [0.1, 0.15) is 27.1 Å². The summed E-state index contributed by atoms with van der Waals surface area (Å²) in [6.45, 7) is 2.10. The fourth-order valence-electron chi connectivity index (χ4n) is 2.95. The van der Waals surface area contributed by atoms with Gasteiger partial charge in [-0.15, -0.1) is 0 Å². The average Bonchev–Trinajstić information content (AvgIpc) is 2.87. The van der Waals surface area contributed by atoms with Gasteiger partial charge in [0, 0.05) is 36.2 Å². The van der Waals surface area contributed by atoms with Gasteiger partial charge in [0.1, 0.15) is 5.75 Å². The number of para-hydroxylation sites is 1. The number of nitrogens with zero attached hydrogens (tertiary/aromatic N) is 2. The summed E-state index contributed by atoms with van der Waals surface area (Å²) in [6, 6.07) is 13.9. The lowest BCUT2D eigenvalue weighted by Gasteiger charge is -2.22. The maximum Gasteiger partial charge on any atom is 0.257 e. The Labute approximate surface area is 155 Å². The van der Waals surface area contributed by atoms with Crippen molar-refractivity contribution in [2.24, 2.45) is 0 Å². The van der Waals surface area contributed by atoms with Crippen LogP contribution in [0.25, 0.3) is 0 Å². The molecule has 130 valence electrons. The number of hydrogen-bond donors (Lipinski definition) is 1. The van der Waals surface area contributed by atoms with Crippen LogP contribution in [0.2, 0.25) is 0 Å². The third-order valence-corrected chi connectivity index (χ3v) is 4.77. The van der Waals surface area contributed by atoms with Crippen molar-refractivity contribution in [2.45, 2.75) is 6.42 Å². The lowest BCUT2D eigenvalue weighted by Crippen LogP contribution is -2.37. The first-order valence-electron chi connectivity index (χ1n) is 8.18. The van der Waals surface area contributed by atoms with Gasteiger partial charge in [0.05, 0.1) is 5.56 Å². The fraction of sp³-hybridized carbons (Fsp3) is 0.263. The summed E-state index contributed by atoms with van der Waals surface area (Å²) in [7, 11) is 0. The molecular formula is C19H19BrN2O3. The molecule has 2 aromatic rings. The molecule has 3 rings (SSSR count). The molecule has 1 aliphatic rings. The molecule has 0 radical (unpaired) electrons. The molecule has 0 saturated carbocycles. The van der Waals surface area contributed by atoms with Crippen LogP contribution in [0.3, 0.4) is 0 Å². The maximum absolute atomic E-state index is 12.7. The van der Waals surface area contributed by atoms with Crippen LogP contribution in [0.4, 0.5) is 0 Å². The van der Waals surface area contributed by atoms with Crippen molar-refractivity contribution in [2.75, 3.05) is 26.2 Å². The minimum absolute atomic E-state index is 0.0150. The molecule has 1 fully saturated rings. The number of amides is 2. The predicted octanol–water partition coefficient (Wildman–Crippen LogP) is 3.14. The van der Waals surface area contributed by atoms with Crippen molar-refractivity contribution in [3.8, 4) is 5.75 Å². The average molecular weight is 403 g/mol. The minimum Gasteiger partial charge on any atom is -0.507 e. The molecule has 2 amide bonds. The summed E-state index contributed by atoms with van der Waals surface area (Å²) in [4.78, 5) is 28.8. The summed E-state index contributed by atoms with van der Waals surface area (Å²) >= 11 is 3.38. The van der Waals surface area contributed by atoms with E-state index in [-0.39, 0.29) is 17.6 Å². The van der Waals surface area contributed by atoms with Gasteiger partial charge in [-0.25, -0.2) is 0 Å². The van der Waals surface area contributed by atoms with Gasteiger partial charge in [-0.05, 0) is 36.8 Å². The zero-order valence-corrected chi connectivity index (χ0v) is 15.3. The number of phenolic OH excluding ortho intramolecular Hbond substituents is 1. The van der Waals surface area contributed by atoms with Gasteiger partial charge in [0.15, 0.2) is 0 Å². The molecule has 0 aliphatic carbocycles. The van der Waals surface area contributed by atoms with Gasteiger partial charge in [-0.2, -0.15) is 0 Å². The molecule has 0 aromatic heterocycles. The highest BCUT2D eigenvalue weighted by atomic mass is 79.9. The van der Waals surface area contributed by atoms with E-state index in [0.29, 0.717) is 43.7 Å². The summed E-state index contributed by atoms with van der Waals surface area (Å²) in [6.07, 6.45) is 0.707. The Morgan fingerprint density at radius 1 is 0.880 bits per heavy atom. The Morgan fingerprint density at radius 3 is 2.24 bits per heavy atom. The largest absolute Gasteiger partial charge is 0.507 e. The molecule has 2 aromatic carbocycles. The standard InChI is InChI=1S/C19H19BrN2O3/c20-15-6-3-5-14(13-15)18(24)21-9-4-10-22(12-11-21)19(25)16-7-1-2-8-17(16)23/h1-3,5-8,13,23H,4,9-12H2. The SMILES string of the molecule is O=C(c1cccc(Br)c1)N1CCCN(C(=O)c2ccccc2O)CC1. The van der Waals surface area contributed by atoms with Crippen molar-refractivity contribution >= 4 is 27.7 Å². The van der Waals surface area contributed by atoms with E-state index in [9.17, 15) is 14.7 Å². The van der Waals surface area contributed by atoms with E-state index >= 15 is 0 Å². The number of phenols is 1. The number of benzene rings is 2. The van der Waals surface area contributed by atoms with Crippen LogP contribution >= 0.6 is 15.9 Å². The van der Waals surface area contributed by atoms with Gasteiger partial charge in [-0.3, -0.25) is 9.59 Å². The van der Waals surface area contributed by atoms with E-state index in [4.69, 9.17) is 0 Å². The van der Waals surface area contributed by atoms with Crippen molar-refractivity contribution in [1.82, 2.24) is 9.80 Å². The second-order valence-corrected chi connectivity index (χ2v) is 6.88. The molecular weight excluding hydrogens is 384 g/mol. The van der Waals surface area contributed by atoms with Crippen LogP contribution < -0.4 is 0 Å². The first-order valence-corrected chi connectivity index (χ1v) is 8.97. The van der Waals surface area contributed by atoms with E-state index in [1.54, 1.807) is 40.1 Å². The molecule has 25 heavy (non-hydrogen) atoms. The lowest BCUT2D eigenvalue weighted by molar-refractivity contribution is 0.0717. The number of rotatable bonds is 2. The first-order chi connectivity index (χ1) is 12.1. The van der Waals surface area contributed by atoms with Crippen molar-refractivity contribution < 1.29 is 14.7 Å². The van der Waals surface area contributed by atoms with Crippen LogP contribution in [0.5, 0.6) is 5.75 Å². The van der Waals surface area contributed by atoms with Crippen LogP contribution in [0, 0.1) is 0 Å². The van der Waals surface area contributed by atoms with Gasteiger partial charge in [-0.1, -0.05) is 34.1 Å². The minimum atomic E-state index is -0.199. The molecule has 1 aliphatic heterocycles. The number of halogens is 1. The summed E-state index contributed by atoms with van der Waals surface area (Å²) in [5, 5.41) is 9.88. The van der Waals surface area contributed by atoms with E-state index < -0.39 is 0 Å². The molecule has 0 spiro atoms. The Hall–Kier alpha value is -2.34. The molecule has 1 saturated heterocycles. The summed E-state index contributed by atoms with van der Waals surface area (Å²) in [5.41, 5.74) is 0.934. The lowest BCUT2D eigenvalue weighted by atomic mass is 10.1. The third kappa shape index (κ3) is 4.02.